The molecule has 0 aliphatic heterocycles. The zero-order valence-electron chi connectivity index (χ0n) is 15.2. The van der Waals surface area contributed by atoms with Gasteiger partial charge in [-0.2, -0.15) is 0 Å². The van der Waals surface area contributed by atoms with Gasteiger partial charge in [0.2, 0.25) is 5.91 Å². The quantitative estimate of drug-likeness (QED) is 0.772. The molecule has 25 heavy (non-hydrogen) atoms. The molecular formula is C20H27N3OS. The summed E-state index contributed by atoms with van der Waals surface area (Å²) in [4.78, 5) is 16.9. The third-order valence-electron chi connectivity index (χ3n) is 4.80. The average molecular weight is 358 g/mol. The minimum Gasteiger partial charge on any atom is -0.352 e. The van der Waals surface area contributed by atoms with Crippen LogP contribution in [-0.2, 0) is 4.79 Å². The Morgan fingerprint density at radius 3 is 2.52 bits per heavy atom. The van der Waals surface area contributed by atoms with Gasteiger partial charge >= 0.3 is 0 Å². The predicted octanol–water partition coefficient (Wildman–Crippen LogP) is 4.54. The first-order valence-electron chi connectivity index (χ1n) is 9.15. The van der Waals surface area contributed by atoms with E-state index in [-0.39, 0.29) is 11.2 Å². The van der Waals surface area contributed by atoms with Crippen LogP contribution in [0.25, 0.3) is 5.69 Å². The van der Waals surface area contributed by atoms with E-state index in [4.69, 9.17) is 0 Å². The molecule has 1 aliphatic carbocycles. The van der Waals surface area contributed by atoms with Crippen LogP contribution in [0.5, 0.6) is 0 Å². The van der Waals surface area contributed by atoms with Gasteiger partial charge in [0.25, 0.3) is 0 Å². The Labute approximate surface area is 154 Å². The fourth-order valence-corrected chi connectivity index (χ4v) is 4.09. The Kier molecular flexibility index (Phi) is 5.84. The second kappa shape index (κ2) is 8.09. The number of benzene rings is 1. The molecule has 1 aromatic carbocycles. The molecule has 1 saturated carbocycles. The van der Waals surface area contributed by atoms with Crippen molar-refractivity contribution in [1.29, 1.82) is 0 Å². The second-order valence-electron chi connectivity index (χ2n) is 7.08. The molecule has 0 radical (unpaired) electrons. The summed E-state index contributed by atoms with van der Waals surface area (Å²) in [5.41, 5.74) is 2.40. The molecule has 1 aliphatic rings. The van der Waals surface area contributed by atoms with Crippen molar-refractivity contribution in [3.63, 3.8) is 0 Å². The van der Waals surface area contributed by atoms with E-state index >= 15 is 0 Å². The fourth-order valence-electron chi connectivity index (χ4n) is 3.19. The Hall–Kier alpha value is -1.75. The summed E-state index contributed by atoms with van der Waals surface area (Å²) < 4.78 is 2.05. The Morgan fingerprint density at radius 2 is 1.88 bits per heavy atom. The lowest BCUT2D eigenvalue weighted by Crippen LogP contribution is -2.37. The SMILES string of the molecule is CC(C)c1ccc(-n2ccnc2S[C@H](C)C(=O)NC2CCCC2)cc1. The maximum atomic E-state index is 12.4. The number of nitrogens with zero attached hydrogens (tertiary/aromatic N) is 2. The molecule has 3 rings (SSSR count). The van der Waals surface area contributed by atoms with E-state index in [0.29, 0.717) is 12.0 Å². The number of carbonyl (C=O) groups is 1. The van der Waals surface area contributed by atoms with Crippen LogP contribution in [0.2, 0.25) is 0 Å². The number of hydrogen-bond donors (Lipinski definition) is 1. The Morgan fingerprint density at radius 1 is 1.20 bits per heavy atom. The normalized spacial score (nSPS) is 16.3. The van der Waals surface area contributed by atoms with Gasteiger partial charge in [-0.05, 0) is 43.4 Å². The maximum Gasteiger partial charge on any atom is 0.233 e. The van der Waals surface area contributed by atoms with Crippen LogP contribution >= 0.6 is 11.8 Å². The molecule has 1 atom stereocenters. The maximum absolute atomic E-state index is 12.4. The van der Waals surface area contributed by atoms with Crippen molar-refractivity contribution in [3.05, 3.63) is 42.2 Å². The summed E-state index contributed by atoms with van der Waals surface area (Å²) in [6, 6.07) is 8.91. The predicted molar refractivity (Wildman–Crippen MR) is 103 cm³/mol. The summed E-state index contributed by atoms with van der Waals surface area (Å²) >= 11 is 1.51. The van der Waals surface area contributed by atoms with Crippen molar-refractivity contribution in [1.82, 2.24) is 14.9 Å². The molecule has 1 heterocycles. The van der Waals surface area contributed by atoms with Gasteiger partial charge in [-0.1, -0.05) is 50.6 Å². The smallest absolute Gasteiger partial charge is 0.233 e. The lowest BCUT2D eigenvalue weighted by molar-refractivity contribution is -0.120. The molecule has 5 heteroatoms. The zero-order valence-corrected chi connectivity index (χ0v) is 16.1. The van der Waals surface area contributed by atoms with Crippen molar-refractivity contribution in [3.8, 4) is 5.69 Å². The van der Waals surface area contributed by atoms with Crippen molar-refractivity contribution in [2.75, 3.05) is 0 Å². The summed E-state index contributed by atoms with van der Waals surface area (Å²) in [5, 5.41) is 3.87. The standard InChI is InChI=1S/C20H27N3OS/c1-14(2)16-8-10-18(11-9-16)23-13-12-21-20(23)25-15(3)19(24)22-17-6-4-5-7-17/h8-15,17H,4-7H2,1-3H3,(H,22,24)/t15-/m1/s1. The van der Waals surface area contributed by atoms with E-state index in [2.05, 4.69) is 48.4 Å². The molecule has 0 saturated heterocycles. The number of amides is 1. The lowest BCUT2D eigenvalue weighted by Gasteiger charge is -2.17. The monoisotopic (exact) mass is 357 g/mol. The summed E-state index contributed by atoms with van der Waals surface area (Å²) in [5.74, 6) is 0.631. The van der Waals surface area contributed by atoms with Crippen molar-refractivity contribution < 1.29 is 4.79 Å². The van der Waals surface area contributed by atoms with Crippen LogP contribution in [0.1, 0.15) is 57.9 Å². The van der Waals surface area contributed by atoms with Crippen LogP contribution in [0, 0.1) is 0 Å². The average Bonchev–Trinajstić information content (AvgIpc) is 3.26. The van der Waals surface area contributed by atoms with E-state index in [0.717, 1.165) is 23.7 Å². The largest absolute Gasteiger partial charge is 0.352 e. The van der Waals surface area contributed by atoms with E-state index in [1.54, 1.807) is 6.20 Å². The van der Waals surface area contributed by atoms with Crippen LogP contribution < -0.4 is 5.32 Å². The number of nitrogens with one attached hydrogen (secondary N) is 1. The highest BCUT2D eigenvalue weighted by molar-refractivity contribution is 8.00. The molecule has 2 aromatic rings. The highest BCUT2D eigenvalue weighted by Crippen LogP contribution is 2.26. The van der Waals surface area contributed by atoms with Gasteiger partial charge in [0.1, 0.15) is 0 Å². The van der Waals surface area contributed by atoms with Crippen LogP contribution in [0.4, 0.5) is 0 Å². The molecule has 0 bridgehead atoms. The van der Waals surface area contributed by atoms with E-state index < -0.39 is 0 Å². The first-order valence-corrected chi connectivity index (χ1v) is 10.0. The summed E-state index contributed by atoms with van der Waals surface area (Å²) in [7, 11) is 0. The first-order chi connectivity index (χ1) is 12.0. The molecule has 1 aromatic heterocycles. The van der Waals surface area contributed by atoms with Crippen LogP contribution in [0.15, 0.2) is 41.8 Å². The highest BCUT2D eigenvalue weighted by atomic mass is 32.2. The minimum absolute atomic E-state index is 0.113. The lowest BCUT2D eigenvalue weighted by atomic mass is 10.0. The molecule has 1 amide bonds. The Balaban J connectivity index is 1.67. The van der Waals surface area contributed by atoms with E-state index in [9.17, 15) is 4.79 Å². The molecule has 1 fully saturated rings. The summed E-state index contributed by atoms with van der Waals surface area (Å²) in [6.07, 6.45) is 8.42. The molecule has 1 N–H and O–H groups in total. The van der Waals surface area contributed by atoms with E-state index in [1.807, 2.05) is 17.7 Å². The van der Waals surface area contributed by atoms with Crippen LogP contribution in [-0.4, -0.2) is 26.8 Å². The molecular weight excluding hydrogens is 330 g/mol. The number of imidazole rings is 1. The first kappa shape index (κ1) is 18.1. The number of carbonyl (C=O) groups excluding carboxylic acids is 1. The number of thioether (sulfide) groups is 1. The van der Waals surface area contributed by atoms with Gasteiger partial charge in [0.15, 0.2) is 5.16 Å². The number of aromatic nitrogens is 2. The fraction of sp³-hybridized carbons (Fsp3) is 0.500. The van der Waals surface area contributed by atoms with Gasteiger partial charge in [-0.25, -0.2) is 4.98 Å². The Bertz CT molecular complexity index is 702. The van der Waals surface area contributed by atoms with E-state index in [1.165, 1.54) is 30.2 Å². The van der Waals surface area contributed by atoms with Crippen molar-refractivity contribution in [2.24, 2.45) is 0 Å². The van der Waals surface area contributed by atoms with Gasteiger partial charge in [0, 0.05) is 24.1 Å². The van der Waals surface area contributed by atoms with Crippen molar-refractivity contribution in [2.45, 2.75) is 68.8 Å². The molecule has 134 valence electrons. The van der Waals surface area contributed by atoms with Gasteiger partial charge < -0.3 is 5.32 Å². The van der Waals surface area contributed by atoms with Crippen LogP contribution in [0.3, 0.4) is 0 Å². The highest BCUT2D eigenvalue weighted by Gasteiger charge is 2.22. The van der Waals surface area contributed by atoms with Gasteiger partial charge in [-0.15, -0.1) is 0 Å². The second-order valence-corrected chi connectivity index (χ2v) is 8.38. The summed E-state index contributed by atoms with van der Waals surface area (Å²) in [6.45, 7) is 6.34. The number of hydrogen-bond acceptors (Lipinski definition) is 3. The zero-order chi connectivity index (χ0) is 17.8. The molecule has 0 spiro atoms. The van der Waals surface area contributed by atoms with Gasteiger partial charge in [-0.3, -0.25) is 9.36 Å². The number of rotatable bonds is 6. The third kappa shape index (κ3) is 4.46. The topological polar surface area (TPSA) is 46.9 Å². The van der Waals surface area contributed by atoms with Crippen molar-refractivity contribution >= 4 is 17.7 Å². The van der Waals surface area contributed by atoms with Gasteiger partial charge in [0.05, 0.1) is 5.25 Å². The molecule has 4 nitrogen and oxygen atoms in total. The third-order valence-corrected chi connectivity index (χ3v) is 5.88. The minimum atomic E-state index is -0.156. The molecule has 0 unspecified atom stereocenters.